The van der Waals surface area contributed by atoms with E-state index in [0.717, 1.165) is 12.5 Å². The van der Waals surface area contributed by atoms with Gasteiger partial charge < -0.3 is 10.1 Å². The molecule has 0 bridgehead atoms. The van der Waals surface area contributed by atoms with Gasteiger partial charge in [0.1, 0.15) is 6.04 Å². The molecule has 1 aliphatic heterocycles. The molecule has 0 unspecified atom stereocenters. The summed E-state index contributed by atoms with van der Waals surface area (Å²) in [5, 5.41) is 3.19. The number of nitrogens with one attached hydrogen (secondary N) is 1. The van der Waals surface area contributed by atoms with Crippen LogP contribution in [0.25, 0.3) is 0 Å². The Hall–Kier alpha value is -0.570. The minimum atomic E-state index is -0.0859. The zero-order valence-corrected chi connectivity index (χ0v) is 6.67. The fraction of sp³-hybridized carbons (Fsp3) is 0.875. The van der Waals surface area contributed by atoms with Gasteiger partial charge in [0.2, 0.25) is 0 Å². The zero-order valence-electron chi connectivity index (χ0n) is 6.67. The predicted octanol–water partition coefficient (Wildman–Crippen LogP) is 0.157. The first kappa shape index (κ1) is 7.10. The molecule has 1 saturated carbocycles. The average Bonchev–Trinajstić information content (AvgIpc) is 2.80. The summed E-state index contributed by atoms with van der Waals surface area (Å²) in [6.07, 6.45) is 2.45. The monoisotopic (exact) mass is 155 g/mol. The van der Waals surface area contributed by atoms with Crippen molar-refractivity contribution in [2.75, 3.05) is 13.7 Å². The third-order valence-corrected chi connectivity index (χ3v) is 2.74. The van der Waals surface area contributed by atoms with Crippen LogP contribution in [-0.2, 0) is 9.53 Å². The Kier molecular flexibility index (Phi) is 1.60. The summed E-state index contributed by atoms with van der Waals surface area (Å²) < 4.78 is 4.69. The standard InChI is InChI=1S/C8H13NO2/c1-11-8(10)7-6-4-5(6)2-3-9-7/h5-7,9H,2-4H2,1H3/t5-,6+,7+/m1/s1. The summed E-state index contributed by atoms with van der Waals surface area (Å²) >= 11 is 0. The molecular weight excluding hydrogens is 142 g/mol. The van der Waals surface area contributed by atoms with Gasteiger partial charge in [-0.15, -0.1) is 0 Å². The van der Waals surface area contributed by atoms with Crippen molar-refractivity contribution in [2.45, 2.75) is 18.9 Å². The molecule has 0 aromatic heterocycles. The van der Waals surface area contributed by atoms with E-state index in [1.54, 1.807) is 0 Å². The van der Waals surface area contributed by atoms with Crippen LogP contribution < -0.4 is 5.32 Å². The van der Waals surface area contributed by atoms with Crippen molar-refractivity contribution in [2.24, 2.45) is 11.8 Å². The largest absolute Gasteiger partial charge is 0.468 e. The van der Waals surface area contributed by atoms with Crippen molar-refractivity contribution in [1.82, 2.24) is 5.32 Å². The maximum Gasteiger partial charge on any atom is 0.323 e. The number of ether oxygens (including phenoxy) is 1. The summed E-state index contributed by atoms with van der Waals surface area (Å²) in [7, 11) is 1.45. The first-order chi connectivity index (χ1) is 5.33. The molecule has 1 N–H and O–H groups in total. The maximum atomic E-state index is 11.1. The molecule has 0 spiro atoms. The first-order valence-corrected chi connectivity index (χ1v) is 4.14. The van der Waals surface area contributed by atoms with Crippen LogP contribution in [0.5, 0.6) is 0 Å². The smallest absolute Gasteiger partial charge is 0.323 e. The van der Waals surface area contributed by atoms with Gasteiger partial charge in [-0.3, -0.25) is 4.79 Å². The van der Waals surface area contributed by atoms with Gasteiger partial charge in [-0.1, -0.05) is 0 Å². The fourth-order valence-corrected chi connectivity index (χ4v) is 1.97. The molecule has 0 aromatic rings. The third-order valence-electron chi connectivity index (χ3n) is 2.74. The van der Waals surface area contributed by atoms with Gasteiger partial charge in [0, 0.05) is 0 Å². The SMILES string of the molecule is COC(=O)[C@H]1NCC[C@@H]2C[C@@H]21. The van der Waals surface area contributed by atoms with E-state index >= 15 is 0 Å². The Morgan fingerprint density at radius 2 is 2.45 bits per heavy atom. The molecule has 0 aromatic carbocycles. The number of hydrogen-bond acceptors (Lipinski definition) is 3. The molecule has 2 aliphatic rings. The van der Waals surface area contributed by atoms with Gasteiger partial charge >= 0.3 is 5.97 Å². The highest BCUT2D eigenvalue weighted by atomic mass is 16.5. The molecule has 3 atom stereocenters. The van der Waals surface area contributed by atoms with Crippen LogP contribution >= 0.6 is 0 Å². The minimum absolute atomic E-state index is 0.00116. The van der Waals surface area contributed by atoms with Crippen LogP contribution in [0.4, 0.5) is 0 Å². The van der Waals surface area contributed by atoms with Crippen LogP contribution in [0.15, 0.2) is 0 Å². The number of piperidine rings is 1. The highest BCUT2D eigenvalue weighted by Gasteiger charge is 2.48. The molecule has 1 heterocycles. The lowest BCUT2D eigenvalue weighted by atomic mass is 10.1. The number of esters is 1. The Bertz CT molecular complexity index is 181. The molecule has 3 heteroatoms. The second-order valence-electron chi connectivity index (χ2n) is 3.40. The van der Waals surface area contributed by atoms with Crippen LogP contribution in [0.2, 0.25) is 0 Å². The van der Waals surface area contributed by atoms with Gasteiger partial charge in [-0.05, 0) is 31.2 Å². The minimum Gasteiger partial charge on any atom is -0.468 e. The lowest BCUT2D eigenvalue weighted by Gasteiger charge is -2.20. The number of hydrogen-bond donors (Lipinski definition) is 1. The summed E-state index contributed by atoms with van der Waals surface area (Å²) in [5.74, 6) is 1.30. The summed E-state index contributed by atoms with van der Waals surface area (Å²) in [5.41, 5.74) is 0. The van der Waals surface area contributed by atoms with E-state index in [-0.39, 0.29) is 12.0 Å². The highest BCUT2D eigenvalue weighted by Crippen LogP contribution is 2.46. The van der Waals surface area contributed by atoms with Crippen molar-refractivity contribution in [1.29, 1.82) is 0 Å². The van der Waals surface area contributed by atoms with Gasteiger partial charge in [-0.25, -0.2) is 0 Å². The number of carbonyl (C=O) groups excluding carboxylic acids is 1. The lowest BCUT2D eigenvalue weighted by Crippen LogP contribution is -2.43. The van der Waals surface area contributed by atoms with E-state index in [1.807, 2.05) is 0 Å². The van der Waals surface area contributed by atoms with E-state index in [2.05, 4.69) is 10.1 Å². The summed E-state index contributed by atoms with van der Waals surface area (Å²) in [6, 6.07) is -0.00116. The van der Waals surface area contributed by atoms with Crippen LogP contribution in [-0.4, -0.2) is 25.7 Å². The Morgan fingerprint density at radius 1 is 1.64 bits per heavy atom. The van der Waals surface area contributed by atoms with Crippen LogP contribution in [0, 0.1) is 11.8 Å². The normalized spacial score (nSPS) is 41.0. The van der Waals surface area contributed by atoms with Gasteiger partial charge in [0.25, 0.3) is 0 Å². The fourth-order valence-electron chi connectivity index (χ4n) is 1.97. The van der Waals surface area contributed by atoms with E-state index in [0.29, 0.717) is 5.92 Å². The Morgan fingerprint density at radius 3 is 3.18 bits per heavy atom. The molecule has 1 saturated heterocycles. The average molecular weight is 155 g/mol. The van der Waals surface area contributed by atoms with Crippen molar-refractivity contribution in [3.05, 3.63) is 0 Å². The van der Waals surface area contributed by atoms with E-state index in [9.17, 15) is 4.79 Å². The molecule has 2 fully saturated rings. The molecule has 11 heavy (non-hydrogen) atoms. The first-order valence-electron chi connectivity index (χ1n) is 4.14. The molecular formula is C8H13NO2. The topological polar surface area (TPSA) is 38.3 Å². The van der Waals surface area contributed by atoms with Crippen molar-refractivity contribution < 1.29 is 9.53 Å². The number of fused-ring (bicyclic) bond motifs is 1. The van der Waals surface area contributed by atoms with Crippen LogP contribution in [0.3, 0.4) is 0 Å². The number of carbonyl (C=O) groups is 1. The van der Waals surface area contributed by atoms with Crippen molar-refractivity contribution in [3.8, 4) is 0 Å². The molecule has 0 radical (unpaired) electrons. The van der Waals surface area contributed by atoms with Crippen molar-refractivity contribution in [3.63, 3.8) is 0 Å². The highest BCUT2D eigenvalue weighted by molar-refractivity contribution is 5.76. The second-order valence-corrected chi connectivity index (χ2v) is 3.40. The molecule has 62 valence electrons. The van der Waals surface area contributed by atoms with Crippen LogP contribution in [0.1, 0.15) is 12.8 Å². The zero-order chi connectivity index (χ0) is 7.84. The molecule has 2 rings (SSSR count). The summed E-state index contributed by atoms with van der Waals surface area (Å²) in [4.78, 5) is 11.1. The number of methoxy groups -OCH3 is 1. The van der Waals surface area contributed by atoms with Gasteiger partial charge in [0.15, 0.2) is 0 Å². The van der Waals surface area contributed by atoms with E-state index in [4.69, 9.17) is 0 Å². The van der Waals surface area contributed by atoms with Gasteiger partial charge in [-0.2, -0.15) is 0 Å². The second kappa shape index (κ2) is 2.48. The molecule has 0 amide bonds. The third kappa shape index (κ3) is 1.13. The van der Waals surface area contributed by atoms with Crippen molar-refractivity contribution >= 4 is 5.97 Å². The van der Waals surface area contributed by atoms with E-state index < -0.39 is 0 Å². The maximum absolute atomic E-state index is 11.1. The number of rotatable bonds is 1. The molecule has 1 aliphatic carbocycles. The summed E-state index contributed by atoms with van der Waals surface area (Å²) in [6.45, 7) is 0.973. The Labute approximate surface area is 66.1 Å². The predicted molar refractivity (Wildman–Crippen MR) is 40.0 cm³/mol. The lowest BCUT2D eigenvalue weighted by molar-refractivity contribution is -0.144. The quantitative estimate of drug-likeness (QED) is 0.548. The Balaban J connectivity index is 1.97. The van der Waals surface area contributed by atoms with E-state index in [1.165, 1.54) is 20.0 Å². The molecule has 3 nitrogen and oxygen atoms in total. The van der Waals surface area contributed by atoms with Gasteiger partial charge in [0.05, 0.1) is 7.11 Å².